The molecule has 0 saturated heterocycles. The summed E-state index contributed by atoms with van der Waals surface area (Å²) in [7, 11) is 1.30. The molecule has 2 unspecified atom stereocenters. The van der Waals surface area contributed by atoms with Gasteiger partial charge in [-0.3, -0.25) is 9.36 Å². The van der Waals surface area contributed by atoms with Crippen LogP contribution in [0.2, 0.25) is 0 Å². The summed E-state index contributed by atoms with van der Waals surface area (Å²) in [4.78, 5) is 25.0. The van der Waals surface area contributed by atoms with E-state index < -0.39 is 19.9 Å². The zero-order chi connectivity index (χ0) is 42.0. The summed E-state index contributed by atoms with van der Waals surface area (Å²) in [6.07, 6.45) is 51.3. The zero-order valence-corrected chi connectivity index (χ0v) is 38.4. The van der Waals surface area contributed by atoms with E-state index in [2.05, 4.69) is 62.5 Å². The van der Waals surface area contributed by atoms with Crippen molar-refractivity contribution in [2.45, 2.75) is 187 Å². The van der Waals surface area contributed by atoms with Gasteiger partial charge >= 0.3 is 5.97 Å². The van der Waals surface area contributed by atoms with E-state index in [-0.39, 0.29) is 26.2 Å². The number of phosphoric acid groups is 1. The minimum atomic E-state index is -4.55. The second-order valence-electron chi connectivity index (χ2n) is 16.4. The zero-order valence-electron chi connectivity index (χ0n) is 37.5. The largest absolute Gasteiger partial charge is 0.756 e. The maximum absolute atomic E-state index is 12.6. The third-order valence-corrected chi connectivity index (χ3v) is 10.6. The van der Waals surface area contributed by atoms with Crippen molar-refractivity contribution in [2.24, 2.45) is 0 Å². The predicted molar refractivity (Wildman–Crippen MR) is 240 cm³/mol. The van der Waals surface area contributed by atoms with Crippen molar-refractivity contribution in [2.75, 3.05) is 54.1 Å². The van der Waals surface area contributed by atoms with E-state index in [9.17, 15) is 14.3 Å². The lowest BCUT2D eigenvalue weighted by Gasteiger charge is -2.28. The molecule has 0 aliphatic heterocycles. The summed E-state index contributed by atoms with van der Waals surface area (Å²) in [6.45, 7) is 5.18. The molecule has 0 aromatic heterocycles. The predicted octanol–water partition coefficient (Wildman–Crippen LogP) is 13.1. The molecule has 0 heterocycles. The van der Waals surface area contributed by atoms with Crippen LogP contribution in [0.25, 0.3) is 0 Å². The molecule has 0 aromatic rings. The van der Waals surface area contributed by atoms with Crippen molar-refractivity contribution in [1.29, 1.82) is 0 Å². The molecular formula is C48H88NO7P. The Bertz CT molecular complexity index is 1090. The first-order chi connectivity index (χ1) is 27.6. The van der Waals surface area contributed by atoms with Gasteiger partial charge in [-0.25, -0.2) is 0 Å². The van der Waals surface area contributed by atoms with Gasteiger partial charge in [0, 0.05) is 6.61 Å². The molecule has 0 bridgehead atoms. The fourth-order valence-electron chi connectivity index (χ4n) is 6.09. The van der Waals surface area contributed by atoms with Crippen LogP contribution in [-0.2, 0) is 27.9 Å². The molecule has 0 aromatic carbocycles. The fourth-order valence-corrected chi connectivity index (χ4v) is 6.82. The highest BCUT2D eigenvalue weighted by Gasteiger charge is 2.20. The Labute approximate surface area is 351 Å². The van der Waals surface area contributed by atoms with E-state index in [1.165, 1.54) is 116 Å². The maximum Gasteiger partial charge on any atom is 0.310 e. The Morgan fingerprint density at radius 2 is 0.947 bits per heavy atom. The van der Waals surface area contributed by atoms with Crippen molar-refractivity contribution in [3.05, 3.63) is 60.8 Å². The minimum Gasteiger partial charge on any atom is -0.756 e. The SMILES string of the molecule is CC/C=C\C/C=C\C/C=C\C/C=C\C/C=C\CC(=O)OC(COCCCCCCCCCCCCCCCCCCCCCC)COP(=O)([O-])OCC[N+](C)(C)C. The smallest absolute Gasteiger partial charge is 0.310 e. The molecule has 8 nitrogen and oxygen atoms in total. The first kappa shape index (κ1) is 55.2. The number of ether oxygens (including phenoxy) is 2. The second kappa shape index (κ2) is 41.0. The van der Waals surface area contributed by atoms with Crippen LogP contribution in [0.5, 0.6) is 0 Å². The number of carbonyl (C=O) groups excluding carboxylic acids is 1. The van der Waals surface area contributed by atoms with E-state index in [0.717, 1.165) is 38.5 Å². The molecule has 332 valence electrons. The van der Waals surface area contributed by atoms with Crippen LogP contribution in [0.1, 0.15) is 181 Å². The van der Waals surface area contributed by atoms with E-state index in [0.29, 0.717) is 24.1 Å². The third-order valence-electron chi connectivity index (χ3n) is 9.62. The van der Waals surface area contributed by atoms with Crippen LogP contribution in [0.4, 0.5) is 0 Å². The number of esters is 1. The van der Waals surface area contributed by atoms with Gasteiger partial charge in [0.25, 0.3) is 7.82 Å². The number of nitrogens with zero attached hydrogens (tertiary/aromatic N) is 1. The Morgan fingerprint density at radius 1 is 0.544 bits per heavy atom. The maximum atomic E-state index is 12.6. The molecular weight excluding hydrogens is 734 g/mol. The van der Waals surface area contributed by atoms with Crippen molar-refractivity contribution < 1.29 is 37.3 Å². The quantitative estimate of drug-likeness (QED) is 0.0199. The van der Waals surface area contributed by atoms with Gasteiger partial charge in [-0.2, -0.15) is 0 Å². The first-order valence-corrected chi connectivity index (χ1v) is 24.5. The lowest BCUT2D eigenvalue weighted by Crippen LogP contribution is -2.37. The number of likely N-dealkylation sites (N-methyl/N-ethyl adjacent to an activating group) is 1. The highest BCUT2D eigenvalue weighted by Crippen LogP contribution is 2.38. The summed E-state index contributed by atoms with van der Waals surface area (Å²) >= 11 is 0. The lowest BCUT2D eigenvalue weighted by atomic mass is 10.0. The van der Waals surface area contributed by atoms with E-state index in [1.807, 2.05) is 27.2 Å². The number of unbranched alkanes of at least 4 members (excludes halogenated alkanes) is 19. The number of allylic oxidation sites excluding steroid dienone is 9. The molecule has 57 heavy (non-hydrogen) atoms. The Kier molecular flexibility index (Phi) is 39.7. The fraction of sp³-hybridized carbons (Fsp3) is 0.771. The van der Waals surface area contributed by atoms with Gasteiger partial charge in [-0.1, -0.05) is 197 Å². The van der Waals surface area contributed by atoms with Gasteiger partial charge in [0.05, 0.1) is 40.8 Å². The van der Waals surface area contributed by atoms with E-state index in [1.54, 1.807) is 6.08 Å². The summed E-state index contributed by atoms with van der Waals surface area (Å²) in [5.74, 6) is -0.459. The molecule has 0 amide bonds. The monoisotopic (exact) mass is 822 g/mol. The molecule has 0 rings (SSSR count). The van der Waals surface area contributed by atoms with Crippen molar-refractivity contribution in [3.63, 3.8) is 0 Å². The number of rotatable bonds is 42. The van der Waals surface area contributed by atoms with Gasteiger partial charge in [0.15, 0.2) is 0 Å². The topological polar surface area (TPSA) is 94.1 Å². The second-order valence-corrected chi connectivity index (χ2v) is 17.8. The standard InChI is InChI=1S/C48H88NO7P/c1-6-8-10-12-14-16-18-20-22-23-24-25-26-28-30-32-34-36-38-40-43-53-45-47(46-55-57(51,52)54-44-42-49(3,4)5)56-48(50)41-39-37-35-33-31-29-27-21-19-17-15-13-11-9-7-2/h9,11,15,17,21,27,31,33,37,39,47H,6-8,10,12-14,16,18-20,22-26,28-30,32,34-36,38,40-46H2,1-5H3/b11-9-,17-15-,27-21-,33-31-,39-37-. The van der Waals surface area contributed by atoms with Gasteiger partial charge in [-0.05, 0) is 38.5 Å². The Hall–Kier alpha value is -1.80. The minimum absolute atomic E-state index is 0.00867. The molecule has 0 fully saturated rings. The highest BCUT2D eigenvalue weighted by molar-refractivity contribution is 7.45. The average molecular weight is 822 g/mol. The van der Waals surface area contributed by atoms with Gasteiger partial charge in [-0.15, -0.1) is 0 Å². The summed E-state index contributed by atoms with van der Waals surface area (Å²) < 4.78 is 34.5. The van der Waals surface area contributed by atoms with Crippen molar-refractivity contribution >= 4 is 13.8 Å². The van der Waals surface area contributed by atoms with Crippen LogP contribution in [-0.4, -0.2) is 70.7 Å². The number of carbonyl (C=O) groups is 1. The average Bonchev–Trinajstić information content (AvgIpc) is 3.16. The van der Waals surface area contributed by atoms with Crippen molar-refractivity contribution in [1.82, 2.24) is 0 Å². The number of phosphoric ester groups is 1. The molecule has 0 saturated carbocycles. The molecule has 0 aliphatic rings. The van der Waals surface area contributed by atoms with Crippen LogP contribution < -0.4 is 4.89 Å². The molecule has 0 radical (unpaired) electrons. The van der Waals surface area contributed by atoms with Gasteiger partial charge < -0.3 is 27.9 Å². The molecule has 0 aliphatic carbocycles. The van der Waals surface area contributed by atoms with Crippen LogP contribution in [0, 0.1) is 0 Å². The number of hydrogen-bond acceptors (Lipinski definition) is 7. The Morgan fingerprint density at radius 3 is 1.37 bits per heavy atom. The normalized spacial score (nSPS) is 14.3. The first-order valence-electron chi connectivity index (χ1n) is 23.0. The molecule has 9 heteroatoms. The third kappa shape index (κ3) is 45.1. The lowest BCUT2D eigenvalue weighted by molar-refractivity contribution is -0.870. The number of quaternary nitrogens is 1. The Balaban J connectivity index is 4.27. The van der Waals surface area contributed by atoms with Crippen LogP contribution in [0.3, 0.4) is 0 Å². The molecule has 2 atom stereocenters. The number of hydrogen-bond donors (Lipinski definition) is 0. The highest BCUT2D eigenvalue weighted by atomic mass is 31.2. The summed E-state index contributed by atoms with van der Waals surface area (Å²) in [6, 6.07) is 0. The van der Waals surface area contributed by atoms with Gasteiger partial charge in [0.1, 0.15) is 19.3 Å². The van der Waals surface area contributed by atoms with Gasteiger partial charge in [0.2, 0.25) is 0 Å². The van der Waals surface area contributed by atoms with Crippen LogP contribution >= 0.6 is 7.82 Å². The summed E-state index contributed by atoms with van der Waals surface area (Å²) in [5, 5.41) is 0. The van der Waals surface area contributed by atoms with Crippen molar-refractivity contribution in [3.8, 4) is 0 Å². The van der Waals surface area contributed by atoms with Crippen LogP contribution in [0.15, 0.2) is 60.8 Å². The van der Waals surface area contributed by atoms with E-state index >= 15 is 0 Å². The molecule has 0 spiro atoms. The summed E-state index contributed by atoms with van der Waals surface area (Å²) in [5.41, 5.74) is 0. The molecule has 0 N–H and O–H groups in total. The van der Waals surface area contributed by atoms with E-state index in [4.69, 9.17) is 18.5 Å².